The van der Waals surface area contributed by atoms with Crippen molar-refractivity contribution in [1.82, 2.24) is 4.90 Å². The number of hydrogen-bond donors (Lipinski definition) is 1. The second-order valence-electron chi connectivity index (χ2n) is 4.73. The maximum absolute atomic E-state index is 12.3. The lowest BCUT2D eigenvalue weighted by Crippen LogP contribution is -3.14. The molecule has 0 spiro atoms. The number of rotatable bonds is 3. The fraction of sp³-hybridized carbons (Fsp3) is 0.429. The number of aromatic carboxylic acids is 1. The number of carbonyl (C=O) groups excluding carboxylic acids is 2. The van der Waals surface area contributed by atoms with E-state index in [-0.39, 0.29) is 17.0 Å². The van der Waals surface area contributed by atoms with Gasteiger partial charge < -0.3 is 19.7 Å². The molecule has 102 valence electrons. The summed E-state index contributed by atoms with van der Waals surface area (Å²) in [5.41, 5.74) is 0.195. The number of carboxylic acids is 1. The summed E-state index contributed by atoms with van der Waals surface area (Å²) in [7, 11) is 0. The summed E-state index contributed by atoms with van der Waals surface area (Å²) in [5, 5.41) is 11.0. The minimum atomic E-state index is -1.30. The summed E-state index contributed by atoms with van der Waals surface area (Å²) in [6, 6.07) is 6.23. The smallest absolute Gasteiger partial charge is 0.254 e. The summed E-state index contributed by atoms with van der Waals surface area (Å²) in [5.74, 6) is -1.52. The van der Waals surface area contributed by atoms with Gasteiger partial charge >= 0.3 is 0 Å². The van der Waals surface area contributed by atoms with Crippen LogP contribution >= 0.6 is 0 Å². The molecule has 5 heteroatoms. The van der Waals surface area contributed by atoms with Crippen LogP contribution in [-0.2, 0) is 0 Å². The SMILES string of the molecule is CC[NH+]1CCN(C(=O)c2ccccc2C(=O)[O-])CC1. The van der Waals surface area contributed by atoms with Gasteiger partial charge in [0.15, 0.2) is 0 Å². The van der Waals surface area contributed by atoms with E-state index in [1.54, 1.807) is 23.1 Å². The quantitative estimate of drug-likeness (QED) is 0.714. The molecule has 0 radical (unpaired) electrons. The van der Waals surface area contributed by atoms with Gasteiger partial charge in [-0.1, -0.05) is 18.2 Å². The standard InChI is InChI=1S/C14H18N2O3/c1-2-15-7-9-16(10-8-15)13(17)11-5-3-4-6-12(11)14(18)19/h3-6H,2,7-10H2,1H3,(H,18,19). The topological polar surface area (TPSA) is 64.9 Å². The summed E-state index contributed by atoms with van der Waals surface area (Å²) < 4.78 is 0. The van der Waals surface area contributed by atoms with Gasteiger partial charge in [-0.05, 0) is 13.0 Å². The van der Waals surface area contributed by atoms with E-state index in [9.17, 15) is 14.7 Å². The van der Waals surface area contributed by atoms with E-state index in [1.807, 2.05) is 0 Å². The normalized spacial score (nSPS) is 16.4. The lowest BCUT2D eigenvalue weighted by molar-refractivity contribution is -0.902. The molecule has 1 N–H and O–H groups in total. The lowest BCUT2D eigenvalue weighted by atomic mass is 10.1. The molecule has 1 aromatic rings. The second-order valence-corrected chi connectivity index (χ2v) is 4.73. The zero-order valence-electron chi connectivity index (χ0n) is 11.0. The van der Waals surface area contributed by atoms with Crippen LogP contribution in [0.2, 0.25) is 0 Å². The van der Waals surface area contributed by atoms with Crippen molar-refractivity contribution >= 4 is 11.9 Å². The third kappa shape index (κ3) is 2.93. The first-order chi connectivity index (χ1) is 9.13. The molecule has 0 saturated carbocycles. The van der Waals surface area contributed by atoms with E-state index in [2.05, 4.69) is 6.92 Å². The first kappa shape index (κ1) is 13.5. The molecule has 1 aliphatic heterocycles. The van der Waals surface area contributed by atoms with Crippen molar-refractivity contribution in [2.75, 3.05) is 32.7 Å². The lowest BCUT2D eigenvalue weighted by Gasteiger charge is -2.32. The van der Waals surface area contributed by atoms with Crippen molar-refractivity contribution in [2.45, 2.75) is 6.92 Å². The van der Waals surface area contributed by atoms with Gasteiger partial charge in [0.1, 0.15) is 0 Å². The second kappa shape index (κ2) is 5.84. The highest BCUT2D eigenvalue weighted by atomic mass is 16.4. The Balaban J connectivity index is 2.15. The van der Waals surface area contributed by atoms with Crippen LogP contribution in [0.4, 0.5) is 0 Å². The molecule has 1 fully saturated rings. The Kier molecular flexibility index (Phi) is 4.16. The molecular weight excluding hydrogens is 244 g/mol. The summed E-state index contributed by atoms with van der Waals surface area (Å²) in [6.45, 7) is 6.34. The Morgan fingerprint density at radius 3 is 2.32 bits per heavy atom. The van der Waals surface area contributed by atoms with Gasteiger partial charge in [0.05, 0.1) is 38.7 Å². The van der Waals surface area contributed by atoms with E-state index >= 15 is 0 Å². The highest BCUT2D eigenvalue weighted by Crippen LogP contribution is 2.11. The summed E-state index contributed by atoms with van der Waals surface area (Å²) >= 11 is 0. The number of hydrogen-bond acceptors (Lipinski definition) is 3. The highest BCUT2D eigenvalue weighted by Gasteiger charge is 2.24. The van der Waals surface area contributed by atoms with Crippen LogP contribution in [0.3, 0.4) is 0 Å². The number of nitrogens with one attached hydrogen (secondary N) is 1. The molecule has 0 aliphatic carbocycles. The zero-order chi connectivity index (χ0) is 13.8. The molecule has 0 atom stereocenters. The number of piperazine rings is 1. The van der Waals surface area contributed by atoms with Gasteiger partial charge in [0.2, 0.25) is 0 Å². The van der Waals surface area contributed by atoms with Crippen molar-refractivity contribution in [3.05, 3.63) is 35.4 Å². The van der Waals surface area contributed by atoms with Crippen molar-refractivity contribution in [1.29, 1.82) is 0 Å². The van der Waals surface area contributed by atoms with Crippen LogP contribution in [-0.4, -0.2) is 49.5 Å². The first-order valence-electron chi connectivity index (χ1n) is 6.56. The molecule has 1 aromatic carbocycles. The van der Waals surface area contributed by atoms with Crippen molar-refractivity contribution in [3.8, 4) is 0 Å². The van der Waals surface area contributed by atoms with E-state index in [0.717, 1.165) is 19.6 Å². The Morgan fingerprint density at radius 1 is 1.21 bits per heavy atom. The Hall–Kier alpha value is -1.88. The number of carbonyl (C=O) groups is 2. The van der Waals surface area contributed by atoms with Crippen molar-refractivity contribution < 1.29 is 19.6 Å². The van der Waals surface area contributed by atoms with Gasteiger partial charge in [-0.2, -0.15) is 0 Å². The molecule has 1 amide bonds. The molecule has 5 nitrogen and oxygen atoms in total. The average molecular weight is 262 g/mol. The maximum atomic E-state index is 12.3. The van der Waals surface area contributed by atoms with Crippen LogP contribution < -0.4 is 10.0 Å². The number of carboxylic acid groups (broad SMARTS) is 1. The number of nitrogens with zero attached hydrogens (tertiary/aromatic N) is 1. The minimum Gasteiger partial charge on any atom is -0.545 e. The predicted molar refractivity (Wildman–Crippen MR) is 67.9 cm³/mol. The molecule has 0 bridgehead atoms. The summed E-state index contributed by atoms with van der Waals surface area (Å²) in [4.78, 5) is 26.6. The predicted octanol–water partition coefficient (Wildman–Crippen LogP) is -1.59. The van der Waals surface area contributed by atoms with Gasteiger partial charge in [-0.25, -0.2) is 0 Å². The Bertz CT molecular complexity index is 479. The van der Waals surface area contributed by atoms with E-state index in [0.29, 0.717) is 13.1 Å². The van der Waals surface area contributed by atoms with E-state index in [4.69, 9.17) is 0 Å². The highest BCUT2D eigenvalue weighted by molar-refractivity contribution is 6.04. The largest absolute Gasteiger partial charge is 0.545 e. The molecular formula is C14H18N2O3. The molecule has 1 heterocycles. The van der Waals surface area contributed by atoms with Gasteiger partial charge in [0.25, 0.3) is 5.91 Å². The Morgan fingerprint density at radius 2 is 1.79 bits per heavy atom. The number of benzene rings is 1. The van der Waals surface area contributed by atoms with Crippen LogP contribution in [0.25, 0.3) is 0 Å². The van der Waals surface area contributed by atoms with Crippen LogP contribution in [0.5, 0.6) is 0 Å². The number of likely N-dealkylation sites (N-methyl/N-ethyl adjacent to an activating group) is 1. The van der Waals surface area contributed by atoms with E-state index < -0.39 is 5.97 Å². The molecule has 2 rings (SSSR count). The molecule has 1 saturated heterocycles. The molecule has 19 heavy (non-hydrogen) atoms. The van der Waals surface area contributed by atoms with Crippen LogP contribution in [0.15, 0.2) is 24.3 Å². The van der Waals surface area contributed by atoms with Gasteiger partial charge in [-0.15, -0.1) is 0 Å². The van der Waals surface area contributed by atoms with Gasteiger partial charge in [0, 0.05) is 11.1 Å². The molecule has 0 unspecified atom stereocenters. The monoisotopic (exact) mass is 262 g/mol. The third-order valence-corrected chi connectivity index (χ3v) is 3.64. The van der Waals surface area contributed by atoms with Crippen LogP contribution in [0, 0.1) is 0 Å². The molecule has 0 aromatic heterocycles. The van der Waals surface area contributed by atoms with Crippen molar-refractivity contribution in [2.24, 2.45) is 0 Å². The van der Waals surface area contributed by atoms with Crippen molar-refractivity contribution in [3.63, 3.8) is 0 Å². The number of amides is 1. The minimum absolute atomic E-state index is 0.0298. The maximum Gasteiger partial charge on any atom is 0.254 e. The average Bonchev–Trinajstić information content (AvgIpc) is 2.46. The van der Waals surface area contributed by atoms with Gasteiger partial charge in [-0.3, -0.25) is 4.79 Å². The Labute approximate surface area is 112 Å². The third-order valence-electron chi connectivity index (χ3n) is 3.64. The summed E-state index contributed by atoms with van der Waals surface area (Å²) in [6.07, 6.45) is 0. The molecule has 1 aliphatic rings. The zero-order valence-corrected chi connectivity index (χ0v) is 11.0. The number of quaternary nitrogens is 1. The fourth-order valence-electron chi connectivity index (χ4n) is 2.40. The van der Waals surface area contributed by atoms with E-state index in [1.165, 1.54) is 11.0 Å². The van der Waals surface area contributed by atoms with Crippen LogP contribution in [0.1, 0.15) is 27.6 Å². The first-order valence-corrected chi connectivity index (χ1v) is 6.56. The fourth-order valence-corrected chi connectivity index (χ4v) is 2.40.